The summed E-state index contributed by atoms with van der Waals surface area (Å²) in [5, 5.41) is 11.1. The molecule has 37 heavy (non-hydrogen) atoms. The second kappa shape index (κ2) is 7.54. The summed E-state index contributed by atoms with van der Waals surface area (Å²) in [6, 6.07) is 26.1. The van der Waals surface area contributed by atoms with Gasteiger partial charge < -0.3 is 9.47 Å². The minimum Gasteiger partial charge on any atom is -0.493 e. The molecule has 3 aromatic carbocycles. The van der Waals surface area contributed by atoms with Crippen molar-refractivity contribution in [2.24, 2.45) is 16.7 Å². The molecule has 3 aromatic rings. The van der Waals surface area contributed by atoms with Crippen molar-refractivity contribution in [3.8, 4) is 5.75 Å². The molecule has 3 saturated carbocycles. The molecule has 4 aliphatic rings. The lowest BCUT2D eigenvalue weighted by Crippen LogP contribution is -2.35. The number of nitro benzene ring substituents is 1. The zero-order valence-electron chi connectivity index (χ0n) is 20.3. The Morgan fingerprint density at radius 2 is 1.65 bits per heavy atom. The van der Waals surface area contributed by atoms with Gasteiger partial charge in [-0.2, -0.15) is 0 Å². The van der Waals surface area contributed by atoms with Crippen molar-refractivity contribution in [1.29, 1.82) is 0 Å². The van der Waals surface area contributed by atoms with E-state index < -0.39 is 16.5 Å². The van der Waals surface area contributed by atoms with Crippen molar-refractivity contribution in [2.45, 2.75) is 36.7 Å². The van der Waals surface area contributed by atoms with E-state index in [-0.39, 0.29) is 27.9 Å². The van der Waals surface area contributed by atoms with E-state index in [2.05, 4.69) is 36.4 Å². The van der Waals surface area contributed by atoms with Gasteiger partial charge in [0.1, 0.15) is 11.4 Å². The zero-order valence-corrected chi connectivity index (χ0v) is 20.3. The van der Waals surface area contributed by atoms with Crippen LogP contribution in [0.3, 0.4) is 0 Å². The highest BCUT2D eigenvalue weighted by molar-refractivity contribution is 5.90. The summed E-state index contributed by atoms with van der Waals surface area (Å²) in [6.45, 7) is 0.497. The van der Waals surface area contributed by atoms with Crippen molar-refractivity contribution in [1.82, 2.24) is 0 Å². The highest BCUT2D eigenvalue weighted by Gasteiger charge is 2.97. The fraction of sp³-hybridized carbons (Fsp3) is 0.323. The summed E-state index contributed by atoms with van der Waals surface area (Å²) in [6.07, 6.45) is 8.45. The number of nitro groups is 1. The number of benzene rings is 3. The fourth-order valence-corrected chi connectivity index (χ4v) is 8.05. The van der Waals surface area contributed by atoms with Gasteiger partial charge in [0.2, 0.25) is 0 Å². The van der Waals surface area contributed by atoms with Gasteiger partial charge in [-0.25, -0.2) is 4.79 Å². The number of para-hydroxylation sites is 1. The quantitative estimate of drug-likeness (QED) is 0.168. The second-order valence-electron chi connectivity index (χ2n) is 11.1. The van der Waals surface area contributed by atoms with E-state index in [4.69, 9.17) is 9.47 Å². The van der Waals surface area contributed by atoms with Crippen LogP contribution in [0.4, 0.5) is 5.69 Å². The number of hydrogen-bond donors (Lipinski definition) is 0. The molecule has 6 nitrogen and oxygen atoms in total. The third-order valence-corrected chi connectivity index (χ3v) is 9.48. The van der Waals surface area contributed by atoms with Crippen LogP contribution >= 0.6 is 0 Å². The van der Waals surface area contributed by atoms with Crippen LogP contribution in [0.2, 0.25) is 0 Å². The van der Waals surface area contributed by atoms with E-state index in [1.807, 2.05) is 36.4 Å². The summed E-state index contributed by atoms with van der Waals surface area (Å²) in [4.78, 5) is 24.1. The Balaban J connectivity index is 1.25. The summed E-state index contributed by atoms with van der Waals surface area (Å²) in [5.74, 6) is 0.565. The summed E-state index contributed by atoms with van der Waals surface area (Å²) in [5.41, 5.74) is 0.586. The Labute approximate surface area is 215 Å². The Kier molecular flexibility index (Phi) is 4.54. The van der Waals surface area contributed by atoms with Crippen LogP contribution in [-0.2, 0) is 10.2 Å². The maximum atomic E-state index is 13.5. The summed E-state index contributed by atoms with van der Waals surface area (Å²) < 4.78 is 12.8. The summed E-state index contributed by atoms with van der Waals surface area (Å²) in [7, 11) is 0. The average Bonchev–Trinajstić information content (AvgIpc) is 3.75. The van der Waals surface area contributed by atoms with Gasteiger partial charge in [-0.1, -0.05) is 60.7 Å². The fourth-order valence-electron chi connectivity index (χ4n) is 8.05. The molecule has 1 unspecified atom stereocenters. The number of non-ortho nitro benzene ring substituents is 1. The Hall–Kier alpha value is -3.93. The van der Waals surface area contributed by atoms with E-state index in [0.717, 1.165) is 31.4 Å². The minimum absolute atomic E-state index is 0.0388. The van der Waals surface area contributed by atoms with Crippen molar-refractivity contribution in [2.75, 3.05) is 6.61 Å². The molecule has 0 aromatic heterocycles. The van der Waals surface area contributed by atoms with Crippen LogP contribution < -0.4 is 4.74 Å². The molecule has 7 rings (SSSR count). The first-order chi connectivity index (χ1) is 18.0. The molecule has 5 atom stereocenters. The number of fused-ring (bicyclic) bond motifs is 3. The Bertz CT molecular complexity index is 1420. The first-order valence-corrected chi connectivity index (χ1v) is 12.9. The maximum absolute atomic E-state index is 13.5. The number of carbonyl (C=O) groups is 1. The van der Waals surface area contributed by atoms with Crippen LogP contribution in [0.15, 0.2) is 97.1 Å². The van der Waals surface area contributed by atoms with Gasteiger partial charge in [-0.3, -0.25) is 10.1 Å². The van der Waals surface area contributed by atoms with Crippen LogP contribution in [0.1, 0.15) is 41.6 Å². The van der Waals surface area contributed by atoms with Gasteiger partial charge in [0.05, 0.1) is 17.1 Å². The van der Waals surface area contributed by atoms with Crippen LogP contribution in [0.5, 0.6) is 5.75 Å². The van der Waals surface area contributed by atoms with E-state index in [9.17, 15) is 14.9 Å². The molecule has 4 aliphatic carbocycles. The van der Waals surface area contributed by atoms with Crippen molar-refractivity contribution >= 4 is 11.7 Å². The number of carbonyl (C=O) groups excluding carboxylic acids is 1. The van der Waals surface area contributed by atoms with Crippen LogP contribution in [0.25, 0.3) is 0 Å². The van der Waals surface area contributed by atoms with Gasteiger partial charge in [0, 0.05) is 35.3 Å². The monoisotopic (exact) mass is 493 g/mol. The first kappa shape index (κ1) is 22.3. The molecule has 3 fully saturated rings. The lowest BCUT2D eigenvalue weighted by Gasteiger charge is -2.32. The number of esters is 1. The van der Waals surface area contributed by atoms with Gasteiger partial charge in [0.25, 0.3) is 5.69 Å². The molecule has 0 amide bonds. The maximum Gasteiger partial charge on any atom is 0.338 e. The molecule has 0 aliphatic heterocycles. The van der Waals surface area contributed by atoms with Gasteiger partial charge in [-0.05, 0) is 54.5 Å². The Morgan fingerprint density at radius 1 is 0.946 bits per heavy atom. The number of nitrogens with zero attached hydrogens (tertiary/aromatic N) is 1. The number of hydrogen-bond acceptors (Lipinski definition) is 5. The molecular weight excluding hydrogens is 466 g/mol. The first-order valence-electron chi connectivity index (χ1n) is 12.9. The number of rotatable bonds is 7. The van der Waals surface area contributed by atoms with Crippen molar-refractivity contribution in [3.05, 3.63) is 118 Å². The molecule has 0 bridgehead atoms. The van der Waals surface area contributed by atoms with E-state index in [0.29, 0.717) is 12.2 Å². The zero-order chi connectivity index (χ0) is 25.3. The predicted molar refractivity (Wildman–Crippen MR) is 137 cm³/mol. The highest BCUT2D eigenvalue weighted by Crippen LogP contribution is 2.94. The summed E-state index contributed by atoms with van der Waals surface area (Å²) >= 11 is 0. The van der Waals surface area contributed by atoms with Gasteiger partial charge >= 0.3 is 5.97 Å². The lowest BCUT2D eigenvalue weighted by molar-refractivity contribution is -0.384. The topological polar surface area (TPSA) is 78.7 Å². The Morgan fingerprint density at radius 3 is 2.35 bits per heavy atom. The molecule has 186 valence electrons. The van der Waals surface area contributed by atoms with E-state index in [1.54, 1.807) is 0 Å². The molecule has 6 heteroatoms. The molecular formula is C31H27NO5. The van der Waals surface area contributed by atoms with E-state index in [1.165, 1.54) is 29.8 Å². The van der Waals surface area contributed by atoms with Crippen LogP contribution in [-0.4, -0.2) is 23.1 Å². The third kappa shape index (κ3) is 2.90. The third-order valence-electron chi connectivity index (χ3n) is 9.48. The van der Waals surface area contributed by atoms with Crippen molar-refractivity contribution in [3.63, 3.8) is 0 Å². The largest absolute Gasteiger partial charge is 0.493 e. The average molecular weight is 494 g/mol. The normalized spacial score (nSPS) is 34.0. The molecule has 0 heterocycles. The SMILES string of the molecule is O=C(O[C@@]12C[C@]1(COc1ccccc1)CC13CCC=C[C@]1(c1ccccc1)[C@H]32)c1ccc([N+](=O)[O-])cc1. The van der Waals surface area contributed by atoms with Gasteiger partial charge in [-0.15, -0.1) is 0 Å². The lowest BCUT2D eigenvalue weighted by atomic mass is 9.74. The smallest absolute Gasteiger partial charge is 0.338 e. The molecule has 0 radical (unpaired) electrons. The molecule has 0 N–H and O–H groups in total. The molecule has 0 saturated heterocycles. The van der Waals surface area contributed by atoms with Gasteiger partial charge in [0.15, 0.2) is 0 Å². The van der Waals surface area contributed by atoms with Crippen molar-refractivity contribution < 1.29 is 19.2 Å². The molecule has 1 spiro atoms. The number of ether oxygens (including phenoxy) is 2. The minimum atomic E-state index is -0.634. The standard InChI is InChI=1S/C31H27NO5/c33-26(22-13-15-24(16-14-22)32(34)35)37-31-20-28(31,21-36-25-11-5-2-6-12-25)19-29-17-7-8-18-30(29,27(29)31)23-9-3-1-4-10-23/h1-6,8-16,18,27H,7,17,19-21H2/t27-,28-,29?,30-,31+/m0/s1. The highest BCUT2D eigenvalue weighted by atomic mass is 16.6. The van der Waals surface area contributed by atoms with E-state index >= 15 is 0 Å². The number of allylic oxidation sites excluding steroid dienone is 2. The predicted octanol–water partition coefficient (Wildman–Crippen LogP) is 6.27. The second-order valence-corrected chi connectivity index (χ2v) is 11.1. The van der Waals surface area contributed by atoms with Crippen LogP contribution in [0, 0.1) is 26.9 Å².